The van der Waals surface area contributed by atoms with Crippen LogP contribution in [0.3, 0.4) is 0 Å². The molecule has 0 radical (unpaired) electrons. The molecule has 2 nitrogen and oxygen atoms in total. The highest BCUT2D eigenvalue weighted by Gasteiger charge is 2.34. The van der Waals surface area contributed by atoms with E-state index in [2.05, 4.69) is 0 Å². The maximum atomic E-state index is 12.7. The summed E-state index contributed by atoms with van der Waals surface area (Å²) in [6.07, 6.45) is -4.61. The number of nitrogens with two attached hydrogens (primary N) is 1. The van der Waals surface area contributed by atoms with Gasteiger partial charge in [0.25, 0.3) is 0 Å². The SMILES string of the molecule is Cl.NNc1c(F)cccc1C(F)(F)F. The monoisotopic (exact) mass is 230 g/mol. The fourth-order valence-corrected chi connectivity index (χ4v) is 0.907. The Kier molecular flexibility index (Phi) is 4.15. The van der Waals surface area contributed by atoms with Crippen molar-refractivity contribution in [2.24, 2.45) is 5.84 Å². The first-order valence-corrected chi connectivity index (χ1v) is 3.29. The molecule has 3 N–H and O–H groups in total. The summed E-state index contributed by atoms with van der Waals surface area (Å²) in [6.45, 7) is 0. The number of halogens is 5. The van der Waals surface area contributed by atoms with Gasteiger partial charge >= 0.3 is 6.18 Å². The highest BCUT2D eigenvalue weighted by atomic mass is 35.5. The molecule has 14 heavy (non-hydrogen) atoms. The van der Waals surface area contributed by atoms with Gasteiger partial charge in [0.05, 0.1) is 11.3 Å². The van der Waals surface area contributed by atoms with E-state index in [-0.39, 0.29) is 12.4 Å². The van der Waals surface area contributed by atoms with Crippen molar-refractivity contribution in [3.05, 3.63) is 29.6 Å². The summed E-state index contributed by atoms with van der Waals surface area (Å²) in [4.78, 5) is 0. The van der Waals surface area contributed by atoms with Crippen LogP contribution in [0.15, 0.2) is 18.2 Å². The molecule has 80 valence electrons. The molecule has 0 saturated heterocycles. The number of nitrogen functional groups attached to an aromatic ring is 1. The normalized spacial score (nSPS) is 10.6. The molecule has 0 aromatic heterocycles. The number of nitrogens with one attached hydrogen (secondary N) is 1. The summed E-state index contributed by atoms with van der Waals surface area (Å²) in [6, 6.07) is 2.61. The summed E-state index contributed by atoms with van der Waals surface area (Å²) < 4.78 is 49.2. The third kappa shape index (κ3) is 2.49. The van der Waals surface area contributed by atoms with E-state index in [0.29, 0.717) is 0 Å². The number of rotatable bonds is 1. The predicted molar refractivity (Wildman–Crippen MR) is 46.5 cm³/mol. The van der Waals surface area contributed by atoms with E-state index in [1.54, 1.807) is 5.43 Å². The second-order valence-electron chi connectivity index (χ2n) is 2.30. The Morgan fingerprint density at radius 1 is 1.21 bits per heavy atom. The molecule has 0 saturated carbocycles. The Morgan fingerprint density at radius 2 is 1.79 bits per heavy atom. The topological polar surface area (TPSA) is 38.0 Å². The van der Waals surface area contributed by atoms with Gasteiger partial charge in [0.1, 0.15) is 5.82 Å². The van der Waals surface area contributed by atoms with Crippen LogP contribution in [0.2, 0.25) is 0 Å². The van der Waals surface area contributed by atoms with E-state index in [1.807, 2.05) is 0 Å². The lowest BCUT2D eigenvalue weighted by Crippen LogP contribution is -2.16. The molecule has 0 unspecified atom stereocenters. The van der Waals surface area contributed by atoms with Gasteiger partial charge in [-0.3, -0.25) is 5.84 Å². The van der Waals surface area contributed by atoms with Crippen molar-refractivity contribution < 1.29 is 17.6 Å². The molecule has 0 atom stereocenters. The van der Waals surface area contributed by atoms with Crippen molar-refractivity contribution in [1.82, 2.24) is 0 Å². The lowest BCUT2D eigenvalue weighted by molar-refractivity contribution is -0.137. The largest absolute Gasteiger partial charge is 0.418 e. The first-order valence-electron chi connectivity index (χ1n) is 3.29. The van der Waals surface area contributed by atoms with Gasteiger partial charge in [-0.05, 0) is 12.1 Å². The Bertz CT molecular complexity index is 313. The fraction of sp³-hybridized carbons (Fsp3) is 0.143. The van der Waals surface area contributed by atoms with Crippen molar-refractivity contribution in [2.75, 3.05) is 5.43 Å². The van der Waals surface area contributed by atoms with Crippen molar-refractivity contribution in [1.29, 1.82) is 0 Å². The molecule has 0 fully saturated rings. The first-order chi connectivity index (χ1) is 5.96. The summed E-state index contributed by atoms with van der Waals surface area (Å²) in [5.74, 6) is 3.73. The number of hydrogen-bond donors (Lipinski definition) is 2. The lowest BCUT2D eigenvalue weighted by Gasteiger charge is -2.12. The quantitative estimate of drug-likeness (QED) is 0.442. The van der Waals surface area contributed by atoms with E-state index in [1.165, 1.54) is 0 Å². The molecular formula is C7H7ClF4N2. The van der Waals surface area contributed by atoms with Crippen LogP contribution in [0, 0.1) is 5.82 Å². The molecule has 0 amide bonds. The van der Waals surface area contributed by atoms with E-state index in [4.69, 9.17) is 5.84 Å². The van der Waals surface area contributed by atoms with Gasteiger partial charge in [-0.25, -0.2) is 4.39 Å². The van der Waals surface area contributed by atoms with Crippen LogP contribution in [0.1, 0.15) is 5.56 Å². The van der Waals surface area contributed by atoms with Gasteiger partial charge < -0.3 is 5.43 Å². The van der Waals surface area contributed by atoms with Gasteiger partial charge in [0.15, 0.2) is 0 Å². The molecule has 0 spiro atoms. The maximum Gasteiger partial charge on any atom is 0.418 e. The minimum absolute atomic E-state index is 0. The molecular weight excluding hydrogens is 224 g/mol. The Morgan fingerprint density at radius 3 is 2.14 bits per heavy atom. The molecule has 7 heteroatoms. The zero-order valence-electron chi connectivity index (χ0n) is 6.73. The minimum Gasteiger partial charge on any atom is -0.321 e. The number of hydrogen-bond acceptors (Lipinski definition) is 2. The van der Waals surface area contributed by atoms with Gasteiger partial charge in [-0.1, -0.05) is 6.07 Å². The lowest BCUT2D eigenvalue weighted by atomic mass is 10.1. The van der Waals surface area contributed by atoms with Crippen LogP contribution in [0.4, 0.5) is 23.2 Å². The number of benzene rings is 1. The maximum absolute atomic E-state index is 12.7. The molecule has 0 aliphatic carbocycles. The first kappa shape index (κ1) is 13.0. The average Bonchev–Trinajstić information content (AvgIpc) is 2.02. The van der Waals surface area contributed by atoms with E-state index in [0.717, 1.165) is 18.2 Å². The van der Waals surface area contributed by atoms with Crippen LogP contribution < -0.4 is 11.3 Å². The standard InChI is InChI=1S/C7H6F4N2.ClH/c8-5-3-1-2-4(6(5)13-12)7(9,10)11;/h1-3,13H,12H2;1H. The van der Waals surface area contributed by atoms with E-state index in [9.17, 15) is 17.6 Å². The third-order valence-corrected chi connectivity index (χ3v) is 1.46. The highest BCUT2D eigenvalue weighted by molar-refractivity contribution is 5.85. The summed E-state index contributed by atoms with van der Waals surface area (Å²) >= 11 is 0. The van der Waals surface area contributed by atoms with Gasteiger partial charge in [-0.15, -0.1) is 12.4 Å². The van der Waals surface area contributed by atoms with E-state index >= 15 is 0 Å². The number of hydrazine groups is 1. The Balaban J connectivity index is 0.00000169. The molecule has 1 aromatic carbocycles. The molecule has 0 heterocycles. The zero-order valence-corrected chi connectivity index (χ0v) is 7.55. The smallest absolute Gasteiger partial charge is 0.321 e. The number of para-hydroxylation sites is 1. The average molecular weight is 231 g/mol. The van der Waals surface area contributed by atoms with Crippen LogP contribution in [0.5, 0.6) is 0 Å². The third-order valence-electron chi connectivity index (χ3n) is 1.46. The minimum atomic E-state index is -4.61. The second kappa shape index (κ2) is 4.47. The zero-order chi connectivity index (χ0) is 10.1. The van der Waals surface area contributed by atoms with Crippen LogP contribution in [0.25, 0.3) is 0 Å². The van der Waals surface area contributed by atoms with E-state index < -0.39 is 23.2 Å². The van der Waals surface area contributed by atoms with Crippen molar-refractivity contribution in [3.8, 4) is 0 Å². The summed E-state index contributed by atoms with van der Waals surface area (Å²) in [5, 5.41) is 0. The van der Waals surface area contributed by atoms with Crippen LogP contribution >= 0.6 is 12.4 Å². The molecule has 1 aromatic rings. The number of alkyl halides is 3. The predicted octanol–water partition coefficient (Wildman–Crippen LogP) is 2.55. The summed E-state index contributed by atoms with van der Waals surface area (Å²) in [7, 11) is 0. The molecule has 0 bridgehead atoms. The fourth-order valence-electron chi connectivity index (χ4n) is 0.907. The molecule has 1 rings (SSSR count). The van der Waals surface area contributed by atoms with Crippen LogP contribution in [-0.2, 0) is 6.18 Å². The van der Waals surface area contributed by atoms with Crippen molar-refractivity contribution in [2.45, 2.75) is 6.18 Å². The van der Waals surface area contributed by atoms with Crippen LogP contribution in [-0.4, -0.2) is 0 Å². The second-order valence-corrected chi connectivity index (χ2v) is 2.30. The molecule has 0 aliphatic heterocycles. The molecule has 0 aliphatic rings. The van der Waals surface area contributed by atoms with Gasteiger partial charge in [0, 0.05) is 0 Å². The van der Waals surface area contributed by atoms with Gasteiger partial charge in [0.2, 0.25) is 0 Å². The van der Waals surface area contributed by atoms with Crippen molar-refractivity contribution in [3.63, 3.8) is 0 Å². The Hall–Kier alpha value is -1.01. The Labute approximate surface area is 83.5 Å². The highest BCUT2D eigenvalue weighted by Crippen LogP contribution is 2.35. The summed E-state index contributed by atoms with van der Waals surface area (Å²) in [5.41, 5.74) is -0.181. The van der Waals surface area contributed by atoms with Crippen molar-refractivity contribution >= 4 is 18.1 Å². The van der Waals surface area contributed by atoms with Gasteiger partial charge in [-0.2, -0.15) is 13.2 Å². The number of anilines is 1.